The minimum Gasteiger partial charge on any atom is -0.480 e. The average molecular weight is 220 g/mol. The number of carboxylic acid groups (broad SMARTS) is 1. The quantitative estimate of drug-likeness (QED) is 0.734. The summed E-state index contributed by atoms with van der Waals surface area (Å²) in [5.74, 6) is -1.37. The SMILES string of the molecule is NCC(=O)N1c2ccccc2CC1C(=O)O. The van der Waals surface area contributed by atoms with Gasteiger partial charge in [0.25, 0.3) is 0 Å². The maximum atomic E-state index is 11.6. The van der Waals surface area contributed by atoms with E-state index in [1.165, 1.54) is 4.90 Å². The van der Waals surface area contributed by atoms with Gasteiger partial charge >= 0.3 is 5.97 Å². The van der Waals surface area contributed by atoms with Gasteiger partial charge in [-0.2, -0.15) is 0 Å². The number of aliphatic carboxylic acids is 1. The highest BCUT2D eigenvalue weighted by Crippen LogP contribution is 2.31. The fourth-order valence-electron chi connectivity index (χ4n) is 1.99. The number of hydrogen-bond acceptors (Lipinski definition) is 3. The summed E-state index contributed by atoms with van der Waals surface area (Å²) in [5.41, 5.74) is 6.82. The van der Waals surface area contributed by atoms with Gasteiger partial charge in [-0.15, -0.1) is 0 Å². The molecule has 0 bridgehead atoms. The minimum absolute atomic E-state index is 0.182. The van der Waals surface area contributed by atoms with Crippen LogP contribution in [0.5, 0.6) is 0 Å². The highest BCUT2D eigenvalue weighted by atomic mass is 16.4. The number of nitrogens with zero attached hydrogens (tertiary/aromatic N) is 1. The van der Waals surface area contributed by atoms with Crippen LogP contribution in [0.2, 0.25) is 0 Å². The van der Waals surface area contributed by atoms with Gasteiger partial charge in [-0.1, -0.05) is 18.2 Å². The summed E-state index contributed by atoms with van der Waals surface area (Å²) in [7, 11) is 0. The Morgan fingerprint density at radius 2 is 2.12 bits per heavy atom. The standard InChI is InChI=1S/C11H12N2O3/c12-6-10(14)13-8-4-2-1-3-7(8)5-9(13)11(15)16/h1-4,9H,5-6,12H2,(H,15,16). The van der Waals surface area contributed by atoms with Crippen molar-refractivity contribution in [2.45, 2.75) is 12.5 Å². The minimum atomic E-state index is -1.00. The predicted octanol–water partition coefficient (Wildman–Crippen LogP) is -0.0124. The van der Waals surface area contributed by atoms with Gasteiger partial charge in [0, 0.05) is 12.1 Å². The van der Waals surface area contributed by atoms with Crippen molar-refractivity contribution in [1.29, 1.82) is 0 Å². The molecular weight excluding hydrogens is 208 g/mol. The molecule has 3 N–H and O–H groups in total. The van der Waals surface area contributed by atoms with Crippen LogP contribution in [0.15, 0.2) is 24.3 Å². The Hall–Kier alpha value is -1.88. The highest BCUT2D eigenvalue weighted by Gasteiger charge is 2.37. The Balaban J connectivity index is 2.43. The Morgan fingerprint density at radius 1 is 1.44 bits per heavy atom. The predicted molar refractivity (Wildman–Crippen MR) is 58.1 cm³/mol. The van der Waals surface area contributed by atoms with E-state index in [1.807, 2.05) is 12.1 Å². The fourth-order valence-corrected chi connectivity index (χ4v) is 1.99. The number of carboxylic acids is 1. The zero-order valence-electron chi connectivity index (χ0n) is 8.59. The number of benzene rings is 1. The van der Waals surface area contributed by atoms with Crippen LogP contribution in [0.25, 0.3) is 0 Å². The molecule has 1 aromatic carbocycles. The second-order valence-electron chi connectivity index (χ2n) is 3.65. The molecule has 0 aromatic heterocycles. The van der Waals surface area contributed by atoms with Crippen molar-refractivity contribution in [1.82, 2.24) is 0 Å². The maximum absolute atomic E-state index is 11.6. The number of fused-ring (bicyclic) bond motifs is 1. The first-order chi connectivity index (χ1) is 7.65. The van der Waals surface area contributed by atoms with Crippen LogP contribution in [-0.2, 0) is 16.0 Å². The number of hydrogen-bond donors (Lipinski definition) is 2. The van der Waals surface area contributed by atoms with Crippen molar-refractivity contribution >= 4 is 17.6 Å². The number of carbonyl (C=O) groups excluding carboxylic acids is 1. The lowest BCUT2D eigenvalue weighted by atomic mass is 10.1. The van der Waals surface area contributed by atoms with E-state index in [0.29, 0.717) is 12.1 Å². The van der Waals surface area contributed by atoms with E-state index in [9.17, 15) is 9.59 Å². The van der Waals surface area contributed by atoms with Crippen LogP contribution < -0.4 is 10.6 Å². The molecule has 1 atom stereocenters. The van der Waals surface area contributed by atoms with Crippen molar-refractivity contribution in [3.63, 3.8) is 0 Å². The smallest absolute Gasteiger partial charge is 0.327 e. The zero-order chi connectivity index (χ0) is 11.7. The maximum Gasteiger partial charge on any atom is 0.327 e. The summed E-state index contributed by atoms with van der Waals surface area (Å²) in [5, 5.41) is 9.07. The topological polar surface area (TPSA) is 83.6 Å². The highest BCUT2D eigenvalue weighted by molar-refractivity contribution is 6.02. The molecule has 1 heterocycles. The van der Waals surface area contributed by atoms with Crippen LogP contribution >= 0.6 is 0 Å². The van der Waals surface area contributed by atoms with Crippen LogP contribution in [0.1, 0.15) is 5.56 Å². The second-order valence-corrected chi connectivity index (χ2v) is 3.65. The summed E-state index contributed by atoms with van der Waals surface area (Å²) in [4.78, 5) is 24.0. The molecule has 84 valence electrons. The number of carbonyl (C=O) groups is 2. The third-order valence-electron chi connectivity index (χ3n) is 2.70. The molecule has 2 rings (SSSR count). The van der Waals surface area contributed by atoms with E-state index in [2.05, 4.69) is 0 Å². The van der Waals surface area contributed by atoms with Crippen LogP contribution in [0, 0.1) is 0 Å². The van der Waals surface area contributed by atoms with Crippen LogP contribution in [-0.4, -0.2) is 29.6 Å². The number of nitrogens with two attached hydrogens (primary N) is 1. The molecule has 1 unspecified atom stereocenters. The largest absolute Gasteiger partial charge is 0.480 e. The van der Waals surface area contributed by atoms with Crippen molar-refractivity contribution in [3.8, 4) is 0 Å². The Kier molecular flexibility index (Phi) is 2.62. The van der Waals surface area contributed by atoms with Gasteiger partial charge in [-0.3, -0.25) is 9.69 Å². The molecule has 0 spiro atoms. The third kappa shape index (κ3) is 1.55. The zero-order valence-corrected chi connectivity index (χ0v) is 8.59. The molecule has 1 aromatic rings. The molecule has 5 heteroatoms. The van der Waals surface area contributed by atoms with Crippen molar-refractivity contribution in [2.75, 3.05) is 11.4 Å². The number of para-hydroxylation sites is 1. The lowest BCUT2D eigenvalue weighted by molar-refractivity contribution is -0.139. The van der Waals surface area contributed by atoms with Crippen LogP contribution in [0.4, 0.5) is 5.69 Å². The van der Waals surface area contributed by atoms with Gasteiger partial charge in [0.05, 0.1) is 6.54 Å². The normalized spacial score (nSPS) is 18.3. The van der Waals surface area contributed by atoms with E-state index >= 15 is 0 Å². The van der Waals surface area contributed by atoms with Gasteiger partial charge in [0.15, 0.2) is 0 Å². The van der Waals surface area contributed by atoms with Crippen molar-refractivity contribution < 1.29 is 14.7 Å². The Labute approximate surface area is 92.5 Å². The molecule has 0 saturated carbocycles. The first-order valence-electron chi connectivity index (χ1n) is 4.98. The number of anilines is 1. The molecule has 0 fully saturated rings. The molecule has 1 aliphatic rings. The van der Waals surface area contributed by atoms with E-state index in [0.717, 1.165) is 5.56 Å². The summed E-state index contributed by atoms with van der Waals surface area (Å²) in [6.07, 6.45) is 0.344. The summed E-state index contributed by atoms with van der Waals surface area (Å²) >= 11 is 0. The lowest BCUT2D eigenvalue weighted by Gasteiger charge is -2.21. The molecule has 0 radical (unpaired) electrons. The van der Waals surface area contributed by atoms with E-state index in [4.69, 9.17) is 10.8 Å². The Bertz CT molecular complexity index is 445. The van der Waals surface area contributed by atoms with Gasteiger partial charge in [-0.25, -0.2) is 4.79 Å². The van der Waals surface area contributed by atoms with Gasteiger partial charge in [-0.05, 0) is 11.6 Å². The molecule has 1 amide bonds. The first-order valence-corrected chi connectivity index (χ1v) is 4.98. The summed E-state index contributed by atoms with van der Waals surface area (Å²) in [6, 6.07) is 6.35. The second kappa shape index (κ2) is 3.94. The monoisotopic (exact) mass is 220 g/mol. The molecule has 0 aliphatic carbocycles. The molecule has 1 aliphatic heterocycles. The van der Waals surface area contributed by atoms with Crippen molar-refractivity contribution in [2.24, 2.45) is 5.73 Å². The first kappa shape index (κ1) is 10.6. The third-order valence-corrected chi connectivity index (χ3v) is 2.70. The van der Waals surface area contributed by atoms with E-state index < -0.39 is 12.0 Å². The lowest BCUT2D eigenvalue weighted by Crippen LogP contribution is -2.45. The van der Waals surface area contributed by atoms with E-state index in [-0.39, 0.29) is 12.5 Å². The fraction of sp³-hybridized carbons (Fsp3) is 0.273. The molecule has 5 nitrogen and oxygen atoms in total. The molecular formula is C11H12N2O3. The molecule has 16 heavy (non-hydrogen) atoms. The molecule has 0 saturated heterocycles. The summed E-state index contributed by atoms with van der Waals surface area (Å²) in [6.45, 7) is -0.182. The summed E-state index contributed by atoms with van der Waals surface area (Å²) < 4.78 is 0. The number of amides is 1. The van der Waals surface area contributed by atoms with E-state index in [1.54, 1.807) is 12.1 Å². The Morgan fingerprint density at radius 3 is 2.75 bits per heavy atom. The van der Waals surface area contributed by atoms with Gasteiger partial charge < -0.3 is 10.8 Å². The van der Waals surface area contributed by atoms with Gasteiger partial charge in [0.2, 0.25) is 5.91 Å². The van der Waals surface area contributed by atoms with Crippen LogP contribution in [0.3, 0.4) is 0 Å². The number of rotatable bonds is 2. The van der Waals surface area contributed by atoms with Crippen molar-refractivity contribution in [3.05, 3.63) is 29.8 Å². The van der Waals surface area contributed by atoms with Gasteiger partial charge in [0.1, 0.15) is 6.04 Å². The average Bonchev–Trinajstić information content (AvgIpc) is 2.67.